The summed E-state index contributed by atoms with van der Waals surface area (Å²) in [6, 6.07) is 0. The first kappa shape index (κ1) is 10.3. The quantitative estimate of drug-likeness (QED) is 0.506. The van der Waals surface area contributed by atoms with E-state index in [1.54, 1.807) is 0 Å². The molecule has 3 nitrogen and oxygen atoms in total. The lowest BCUT2D eigenvalue weighted by Crippen LogP contribution is -2.07. The zero-order chi connectivity index (χ0) is 8.81. The van der Waals surface area contributed by atoms with Gasteiger partial charge in [-0.2, -0.15) is 17.7 Å². The molecular weight excluding hydrogens is 287 g/mol. The Balaban J connectivity index is 2.15. The predicted molar refractivity (Wildman–Crippen MR) is 59.6 cm³/mol. The minimum absolute atomic E-state index is 0.707. The van der Waals surface area contributed by atoms with Gasteiger partial charge in [0.25, 0.3) is 0 Å². The van der Waals surface area contributed by atoms with Crippen molar-refractivity contribution in [2.24, 2.45) is 0 Å². The van der Waals surface area contributed by atoms with Gasteiger partial charge < -0.3 is 4.74 Å². The number of ether oxygens (including phenoxy) is 1. The Bertz CT molecular complexity index is 229. The van der Waals surface area contributed by atoms with Gasteiger partial charge in [-0.25, -0.2) is 0 Å². The van der Waals surface area contributed by atoms with Crippen LogP contribution < -0.4 is 0 Å². The second-order valence-electron chi connectivity index (χ2n) is 2.26. The second-order valence-corrected chi connectivity index (χ2v) is 3.95. The van der Waals surface area contributed by atoms with Gasteiger partial charge in [0.2, 0.25) is 0 Å². The summed E-state index contributed by atoms with van der Waals surface area (Å²) in [5.74, 6) is 0.774. The van der Waals surface area contributed by atoms with Gasteiger partial charge in [-0.15, -0.1) is 0 Å². The highest BCUT2D eigenvalue weighted by Crippen LogP contribution is 2.00. The molecule has 1 heterocycles. The van der Waals surface area contributed by atoms with Crippen LogP contribution in [0.2, 0.25) is 0 Å². The van der Waals surface area contributed by atoms with Crippen LogP contribution in [0.5, 0.6) is 0 Å². The van der Waals surface area contributed by atoms with Crippen molar-refractivity contribution >= 4 is 35.2 Å². The van der Waals surface area contributed by atoms with Crippen molar-refractivity contribution in [3.8, 4) is 0 Å². The Morgan fingerprint density at radius 1 is 1.58 bits per heavy atom. The fourth-order valence-corrected chi connectivity index (χ4v) is 1.36. The molecule has 0 radical (unpaired) electrons. The monoisotopic (exact) mass is 298 g/mol. The van der Waals surface area contributed by atoms with Crippen LogP contribution in [0.4, 0.5) is 0 Å². The van der Waals surface area contributed by atoms with E-state index in [0.717, 1.165) is 15.9 Å². The molecule has 0 saturated carbocycles. The van der Waals surface area contributed by atoms with Crippen LogP contribution in [0.15, 0.2) is 12.4 Å². The molecule has 0 bridgehead atoms. The van der Waals surface area contributed by atoms with E-state index < -0.39 is 0 Å². The maximum atomic E-state index is 5.26. The van der Waals surface area contributed by atoms with Crippen molar-refractivity contribution in [1.82, 2.24) is 9.78 Å². The van der Waals surface area contributed by atoms with Crippen LogP contribution in [0, 0.1) is 3.57 Å². The van der Waals surface area contributed by atoms with Gasteiger partial charge in [0.05, 0.1) is 29.5 Å². The summed E-state index contributed by atoms with van der Waals surface area (Å²) < 4.78 is 8.29. The topological polar surface area (TPSA) is 27.1 Å². The van der Waals surface area contributed by atoms with E-state index in [-0.39, 0.29) is 0 Å². The fraction of sp³-hybridized carbons (Fsp3) is 0.571. The third-order valence-corrected chi connectivity index (χ3v) is 2.04. The summed E-state index contributed by atoms with van der Waals surface area (Å²) in [5.41, 5.74) is 0. The van der Waals surface area contributed by atoms with E-state index in [1.165, 1.54) is 0 Å². The van der Waals surface area contributed by atoms with Crippen LogP contribution in [0.25, 0.3) is 0 Å². The molecule has 0 aliphatic heterocycles. The van der Waals surface area contributed by atoms with Gasteiger partial charge in [-0.05, 0) is 22.6 Å². The third-order valence-electron chi connectivity index (χ3n) is 1.30. The normalized spacial score (nSPS) is 10.5. The summed E-state index contributed by atoms with van der Waals surface area (Å²) >= 11 is 6.27. The highest BCUT2D eigenvalue weighted by molar-refractivity contribution is 14.1. The van der Waals surface area contributed by atoms with Crippen molar-refractivity contribution in [2.45, 2.75) is 6.54 Å². The number of hydrogen-bond acceptors (Lipinski definition) is 3. The zero-order valence-electron chi connectivity index (χ0n) is 6.61. The lowest BCUT2D eigenvalue weighted by molar-refractivity contribution is 0.139. The lowest BCUT2D eigenvalue weighted by Gasteiger charge is -2.01. The van der Waals surface area contributed by atoms with Crippen molar-refractivity contribution in [3.05, 3.63) is 16.0 Å². The van der Waals surface area contributed by atoms with E-state index >= 15 is 0 Å². The van der Waals surface area contributed by atoms with Crippen LogP contribution >= 0.6 is 35.2 Å². The minimum Gasteiger partial charge on any atom is -0.379 e. The number of halogens is 1. The van der Waals surface area contributed by atoms with Gasteiger partial charge in [0.1, 0.15) is 0 Å². The van der Waals surface area contributed by atoms with Gasteiger partial charge in [0, 0.05) is 11.9 Å². The van der Waals surface area contributed by atoms with Crippen molar-refractivity contribution in [2.75, 3.05) is 19.0 Å². The fourth-order valence-electron chi connectivity index (χ4n) is 0.785. The first-order valence-electron chi connectivity index (χ1n) is 3.69. The molecule has 0 N–H and O–H groups in total. The predicted octanol–water partition coefficient (Wildman–Crippen LogP) is 1.43. The maximum absolute atomic E-state index is 5.26. The summed E-state index contributed by atoms with van der Waals surface area (Å²) in [4.78, 5) is 0. The van der Waals surface area contributed by atoms with Gasteiger partial charge >= 0.3 is 0 Å². The van der Waals surface area contributed by atoms with Crippen LogP contribution in [0.1, 0.15) is 0 Å². The molecule has 12 heavy (non-hydrogen) atoms. The van der Waals surface area contributed by atoms with E-state index in [1.807, 2.05) is 17.1 Å². The van der Waals surface area contributed by atoms with Crippen LogP contribution in [0.3, 0.4) is 0 Å². The van der Waals surface area contributed by atoms with Gasteiger partial charge in [-0.3, -0.25) is 4.68 Å². The molecule has 0 amide bonds. The molecule has 1 rings (SSSR count). The van der Waals surface area contributed by atoms with E-state index in [9.17, 15) is 0 Å². The molecule has 1 aromatic rings. The number of hydrogen-bond donors (Lipinski definition) is 1. The Labute approximate surface area is 91.0 Å². The maximum Gasteiger partial charge on any atom is 0.0663 e. The molecule has 0 atom stereocenters. The molecule has 68 valence electrons. The summed E-state index contributed by atoms with van der Waals surface area (Å²) in [5, 5.41) is 4.12. The minimum atomic E-state index is 0.707. The average molecular weight is 298 g/mol. The highest BCUT2D eigenvalue weighted by atomic mass is 127. The zero-order valence-corrected chi connectivity index (χ0v) is 9.66. The molecule has 0 aliphatic carbocycles. The standard InChI is InChI=1S/C7H11IN2OS/c8-7-5-9-10(6-7)1-2-11-3-4-12/h5-6,12H,1-4H2. The molecule has 0 fully saturated rings. The number of rotatable bonds is 5. The highest BCUT2D eigenvalue weighted by Gasteiger charge is 1.93. The summed E-state index contributed by atoms with van der Waals surface area (Å²) in [7, 11) is 0. The van der Waals surface area contributed by atoms with Gasteiger partial charge in [0.15, 0.2) is 0 Å². The molecular formula is C7H11IN2OS. The van der Waals surface area contributed by atoms with E-state index in [2.05, 4.69) is 40.3 Å². The van der Waals surface area contributed by atoms with Crippen LogP contribution in [-0.4, -0.2) is 28.7 Å². The Morgan fingerprint density at radius 3 is 3.00 bits per heavy atom. The first-order valence-corrected chi connectivity index (χ1v) is 5.40. The molecule has 0 saturated heterocycles. The Kier molecular flexibility index (Phi) is 5.01. The van der Waals surface area contributed by atoms with E-state index in [0.29, 0.717) is 13.2 Å². The van der Waals surface area contributed by atoms with Gasteiger partial charge in [-0.1, -0.05) is 0 Å². The average Bonchev–Trinajstić information content (AvgIpc) is 2.45. The number of thiol groups is 1. The largest absolute Gasteiger partial charge is 0.379 e. The number of aromatic nitrogens is 2. The molecule has 5 heteroatoms. The van der Waals surface area contributed by atoms with E-state index in [4.69, 9.17) is 4.74 Å². The molecule has 0 unspecified atom stereocenters. The van der Waals surface area contributed by atoms with Crippen LogP contribution in [-0.2, 0) is 11.3 Å². The summed E-state index contributed by atoms with van der Waals surface area (Å²) in [6.45, 7) is 2.23. The smallest absolute Gasteiger partial charge is 0.0663 e. The van der Waals surface area contributed by atoms with Crippen molar-refractivity contribution in [3.63, 3.8) is 0 Å². The first-order chi connectivity index (χ1) is 5.83. The summed E-state index contributed by atoms with van der Waals surface area (Å²) in [6.07, 6.45) is 3.82. The third kappa shape index (κ3) is 3.77. The molecule has 1 aromatic heterocycles. The molecule has 0 spiro atoms. The van der Waals surface area contributed by atoms with Crippen molar-refractivity contribution < 1.29 is 4.74 Å². The Hall–Kier alpha value is 0.250. The van der Waals surface area contributed by atoms with Crippen molar-refractivity contribution in [1.29, 1.82) is 0 Å². The molecule has 0 aromatic carbocycles. The Morgan fingerprint density at radius 2 is 2.42 bits per heavy atom. The second kappa shape index (κ2) is 5.82. The molecule has 0 aliphatic rings. The number of nitrogens with zero attached hydrogens (tertiary/aromatic N) is 2. The lowest BCUT2D eigenvalue weighted by atomic mass is 10.6. The SMILES string of the molecule is SCCOCCn1cc(I)cn1.